The number of benzene rings is 1. The molecule has 0 saturated carbocycles. The average molecular weight is 266 g/mol. The molecule has 1 heterocycles. The second-order valence-electron chi connectivity index (χ2n) is 3.49. The largest absolute Gasteiger partial charge is 0.357 e. The molecule has 0 fully saturated rings. The van der Waals surface area contributed by atoms with Crippen LogP contribution in [0.3, 0.4) is 0 Å². The zero-order valence-corrected chi connectivity index (χ0v) is 11.1. The molecule has 0 saturated heterocycles. The monoisotopic (exact) mass is 265 g/mol. The third kappa shape index (κ3) is 3.11. The van der Waals surface area contributed by atoms with E-state index in [1.807, 2.05) is 37.4 Å². The second kappa shape index (κ2) is 5.38. The molecular formula is C12H12ClN3S. The van der Waals surface area contributed by atoms with Crippen LogP contribution in [0.5, 0.6) is 0 Å². The standard InChI is InChI=1S/C12H12ClN3S/c1-8-7-15-12(14-2)16-11(8)17-10-5-3-9(13)4-6-10/h3-7H,1-2H3,(H,14,15,16). The molecule has 1 N–H and O–H groups in total. The Morgan fingerprint density at radius 3 is 2.59 bits per heavy atom. The van der Waals surface area contributed by atoms with Gasteiger partial charge in [-0.25, -0.2) is 9.97 Å². The Balaban J connectivity index is 2.25. The maximum Gasteiger partial charge on any atom is 0.223 e. The second-order valence-corrected chi connectivity index (χ2v) is 4.99. The van der Waals surface area contributed by atoms with E-state index < -0.39 is 0 Å². The number of nitrogens with zero attached hydrogens (tertiary/aromatic N) is 2. The van der Waals surface area contributed by atoms with Crippen LogP contribution in [-0.2, 0) is 0 Å². The molecule has 1 aromatic heterocycles. The fourth-order valence-electron chi connectivity index (χ4n) is 1.26. The fraction of sp³-hybridized carbons (Fsp3) is 0.167. The Kier molecular flexibility index (Phi) is 3.86. The van der Waals surface area contributed by atoms with E-state index in [0.717, 1.165) is 20.5 Å². The number of hydrogen-bond donors (Lipinski definition) is 1. The molecule has 1 aromatic carbocycles. The summed E-state index contributed by atoms with van der Waals surface area (Å²) in [5.74, 6) is 0.632. The van der Waals surface area contributed by atoms with E-state index in [0.29, 0.717) is 5.95 Å². The quantitative estimate of drug-likeness (QED) is 0.860. The Bertz CT molecular complexity index is 514. The summed E-state index contributed by atoms with van der Waals surface area (Å²) in [7, 11) is 1.81. The van der Waals surface area contributed by atoms with Crippen LogP contribution < -0.4 is 5.32 Å². The van der Waals surface area contributed by atoms with Crippen molar-refractivity contribution in [3.05, 3.63) is 41.0 Å². The van der Waals surface area contributed by atoms with Gasteiger partial charge in [-0.1, -0.05) is 23.4 Å². The maximum atomic E-state index is 5.85. The predicted molar refractivity (Wildman–Crippen MR) is 71.9 cm³/mol. The summed E-state index contributed by atoms with van der Waals surface area (Å²) in [5.41, 5.74) is 1.06. The number of aromatic nitrogens is 2. The molecule has 0 amide bonds. The molecule has 0 aliphatic carbocycles. The van der Waals surface area contributed by atoms with Crippen LogP contribution >= 0.6 is 23.4 Å². The highest BCUT2D eigenvalue weighted by molar-refractivity contribution is 7.99. The van der Waals surface area contributed by atoms with E-state index in [4.69, 9.17) is 11.6 Å². The van der Waals surface area contributed by atoms with E-state index in [1.165, 1.54) is 0 Å². The van der Waals surface area contributed by atoms with Crippen LogP contribution in [0.25, 0.3) is 0 Å². The molecule has 0 spiro atoms. The average Bonchev–Trinajstić information content (AvgIpc) is 2.35. The molecule has 2 aromatic rings. The maximum absolute atomic E-state index is 5.85. The van der Waals surface area contributed by atoms with Crippen LogP contribution in [0, 0.1) is 6.92 Å². The van der Waals surface area contributed by atoms with Gasteiger partial charge in [-0.3, -0.25) is 0 Å². The van der Waals surface area contributed by atoms with Crippen LogP contribution in [-0.4, -0.2) is 17.0 Å². The van der Waals surface area contributed by atoms with Gasteiger partial charge in [0.05, 0.1) is 0 Å². The SMILES string of the molecule is CNc1ncc(C)c(Sc2ccc(Cl)cc2)n1. The first-order chi connectivity index (χ1) is 8.19. The van der Waals surface area contributed by atoms with Gasteiger partial charge in [-0.2, -0.15) is 0 Å². The van der Waals surface area contributed by atoms with Gasteiger partial charge in [-0.05, 0) is 31.2 Å². The highest BCUT2D eigenvalue weighted by atomic mass is 35.5. The molecular weight excluding hydrogens is 254 g/mol. The van der Waals surface area contributed by atoms with Crippen molar-refractivity contribution >= 4 is 29.3 Å². The van der Waals surface area contributed by atoms with Crippen LogP contribution in [0.1, 0.15) is 5.56 Å². The highest BCUT2D eigenvalue weighted by Crippen LogP contribution is 2.29. The summed E-state index contributed by atoms with van der Waals surface area (Å²) in [6, 6.07) is 7.71. The van der Waals surface area contributed by atoms with Crippen molar-refractivity contribution in [2.75, 3.05) is 12.4 Å². The van der Waals surface area contributed by atoms with Crippen molar-refractivity contribution in [2.45, 2.75) is 16.8 Å². The van der Waals surface area contributed by atoms with Crippen LogP contribution in [0.15, 0.2) is 40.4 Å². The van der Waals surface area contributed by atoms with E-state index in [9.17, 15) is 0 Å². The zero-order valence-electron chi connectivity index (χ0n) is 9.57. The van der Waals surface area contributed by atoms with Gasteiger partial charge in [0.1, 0.15) is 5.03 Å². The summed E-state index contributed by atoms with van der Waals surface area (Å²) < 4.78 is 0. The van der Waals surface area contributed by atoms with Crippen molar-refractivity contribution < 1.29 is 0 Å². The smallest absolute Gasteiger partial charge is 0.223 e. The lowest BCUT2D eigenvalue weighted by Gasteiger charge is -2.06. The minimum Gasteiger partial charge on any atom is -0.357 e. The number of aryl methyl sites for hydroxylation is 1. The van der Waals surface area contributed by atoms with E-state index in [1.54, 1.807) is 18.8 Å². The first-order valence-corrected chi connectivity index (χ1v) is 6.33. The van der Waals surface area contributed by atoms with Crippen molar-refractivity contribution in [3.8, 4) is 0 Å². The van der Waals surface area contributed by atoms with Crippen molar-refractivity contribution in [2.24, 2.45) is 0 Å². The fourth-order valence-corrected chi connectivity index (χ4v) is 2.23. The lowest BCUT2D eigenvalue weighted by molar-refractivity contribution is 1.00. The molecule has 5 heteroatoms. The summed E-state index contributed by atoms with van der Waals surface area (Å²) >= 11 is 7.45. The van der Waals surface area contributed by atoms with Gasteiger partial charge >= 0.3 is 0 Å². The molecule has 0 aliphatic rings. The first kappa shape index (κ1) is 12.2. The number of anilines is 1. The van der Waals surface area contributed by atoms with Gasteiger partial charge in [0.25, 0.3) is 0 Å². The number of nitrogens with one attached hydrogen (secondary N) is 1. The Morgan fingerprint density at radius 1 is 1.24 bits per heavy atom. The summed E-state index contributed by atoms with van der Waals surface area (Å²) in [4.78, 5) is 9.68. The summed E-state index contributed by atoms with van der Waals surface area (Å²) in [5, 5.41) is 4.62. The van der Waals surface area contributed by atoms with Crippen molar-refractivity contribution in [1.82, 2.24) is 9.97 Å². The van der Waals surface area contributed by atoms with Gasteiger partial charge in [0.2, 0.25) is 5.95 Å². The predicted octanol–water partition coefficient (Wildman–Crippen LogP) is 3.63. The minimum atomic E-state index is 0.632. The third-order valence-electron chi connectivity index (χ3n) is 2.18. The van der Waals surface area contributed by atoms with Crippen molar-refractivity contribution in [3.63, 3.8) is 0 Å². The molecule has 3 nitrogen and oxygen atoms in total. The Morgan fingerprint density at radius 2 is 1.94 bits per heavy atom. The van der Waals surface area contributed by atoms with Crippen LogP contribution in [0.4, 0.5) is 5.95 Å². The normalized spacial score (nSPS) is 10.3. The minimum absolute atomic E-state index is 0.632. The van der Waals surface area contributed by atoms with Gasteiger partial charge in [-0.15, -0.1) is 0 Å². The highest BCUT2D eigenvalue weighted by Gasteiger charge is 2.05. The molecule has 0 unspecified atom stereocenters. The van der Waals surface area contributed by atoms with Gasteiger partial charge in [0, 0.05) is 28.7 Å². The van der Waals surface area contributed by atoms with Gasteiger partial charge < -0.3 is 5.32 Å². The Labute approximate surface area is 110 Å². The number of rotatable bonds is 3. The van der Waals surface area contributed by atoms with Crippen molar-refractivity contribution in [1.29, 1.82) is 0 Å². The molecule has 2 rings (SSSR count). The number of hydrogen-bond acceptors (Lipinski definition) is 4. The molecule has 0 bridgehead atoms. The molecule has 0 atom stereocenters. The molecule has 0 radical (unpaired) electrons. The topological polar surface area (TPSA) is 37.8 Å². The molecule has 88 valence electrons. The molecule has 0 aliphatic heterocycles. The summed E-state index contributed by atoms with van der Waals surface area (Å²) in [6.07, 6.45) is 1.82. The summed E-state index contributed by atoms with van der Waals surface area (Å²) in [6.45, 7) is 2.00. The van der Waals surface area contributed by atoms with E-state index >= 15 is 0 Å². The lowest BCUT2D eigenvalue weighted by atomic mass is 10.4. The number of halogens is 1. The third-order valence-corrected chi connectivity index (χ3v) is 3.54. The molecule has 17 heavy (non-hydrogen) atoms. The van der Waals surface area contributed by atoms with E-state index in [-0.39, 0.29) is 0 Å². The van der Waals surface area contributed by atoms with Gasteiger partial charge in [0.15, 0.2) is 0 Å². The Hall–Kier alpha value is -1.26. The van der Waals surface area contributed by atoms with E-state index in [2.05, 4.69) is 15.3 Å². The lowest BCUT2D eigenvalue weighted by Crippen LogP contribution is -1.98. The first-order valence-electron chi connectivity index (χ1n) is 5.14. The zero-order chi connectivity index (χ0) is 12.3. The van der Waals surface area contributed by atoms with Crippen LogP contribution in [0.2, 0.25) is 5.02 Å².